The molecule has 0 saturated carbocycles. The van der Waals surface area contributed by atoms with Crippen molar-refractivity contribution < 1.29 is 4.42 Å². The van der Waals surface area contributed by atoms with E-state index >= 15 is 0 Å². The van der Waals surface area contributed by atoms with Crippen molar-refractivity contribution in [2.75, 3.05) is 0 Å². The van der Waals surface area contributed by atoms with Gasteiger partial charge in [-0.15, -0.1) is 11.3 Å². The first-order valence-electron chi connectivity index (χ1n) is 18.5. The number of benzene rings is 8. The van der Waals surface area contributed by atoms with Gasteiger partial charge in [0.2, 0.25) is 11.7 Å². The zero-order chi connectivity index (χ0) is 36.0. The molecule has 0 spiro atoms. The van der Waals surface area contributed by atoms with E-state index in [1.54, 1.807) is 0 Å². The van der Waals surface area contributed by atoms with E-state index in [0.29, 0.717) is 11.7 Å². The standard InChI is InChI=1S/C50H29N3OS/c1-3-15-30(16-4-1)32-27-33(31-17-5-2-6-18-31)29-34(28-32)46-45-38-22-10-13-25-41(38)54-49(45)52-50(51-46)53-40-24-12-9-21-37(40)43-44-39-23-11-14-26-42(39)55-48(44)36-20-8-7-19-35(36)47(43)53/h1-29H. The summed E-state index contributed by atoms with van der Waals surface area (Å²) in [6.07, 6.45) is 0. The summed E-state index contributed by atoms with van der Waals surface area (Å²) in [4.78, 5) is 11.0. The van der Waals surface area contributed by atoms with E-state index in [0.717, 1.165) is 60.9 Å². The minimum atomic E-state index is 0.560. The molecule has 0 aliphatic carbocycles. The normalized spacial score (nSPS) is 12.0. The van der Waals surface area contributed by atoms with Crippen LogP contribution in [0.15, 0.2) is 180 Å². The summed E-state index contributed by atoms with van der Waals surface area (Å²) in [6, 6.07) is 62.4. The van der Waals surface area contributed by atoms with Crippen LogP contribution >= 0.6 is 11.3 Å². The molecule has 12 rings (SSSR count). The molecular formula is C50H29N3OS. The largest absolute Gasteiger partial charge is 0.437 e. The molecule has 0 atom stereocenters. The molecule has 0 aliphatic rings. The molecule has 0 bridgehead atoms. The van der Waals surface area contributed by atoms with Gasteiger partial charge in [-0.25, -0.2) is 4.98 Å². The fourth-order valence-corrected chi connectivity index (χ4v) is 9.85. The van der Waals surface area contributed by atoms with E-state index < -0.39 is 0 Å². The number of para-hydroxylation sites is 2. The Bertz CT molecular complexity index is 3430. The van der Waals surface area contributed by atoms with Crippen LogP contribution in [0.3, 0.4) is 0 Å². The summed E-state index contributed by atoms with van der Waals surface area (Å²) < 4.78 is 11.5. The molecule has 0 N–H and O–H groups in total. The van der Waals surface area contributed by atoms with Crippen LogP contribution in [0.5, 0.6) is 0 Å². The number of rotatable bonds is 4. The van der Waals surface area contributed by atoms with Gasteiger partial charge in [-0.3, -0.25) is 4.57 Å². The van der Waals surface area contributed by atoms with Crippen molar-refractivity contribution in [3.63, 3.8) is 0 Å². The Morgan fingerprint density at radius 2 is 1.02 bits per heavy atom. The highest BCUT2D eigenvalue weighted by atomic mass is 32.1. The quantitative estimate of drug-likeness (QED) is 0.182. The molecule has 12 aromatic rings. The zero-order valence-electron chi connectivity index (χ0n) is 29.4. The van der Waals surface area contributed by atoms with E-state index in [2.05, 4.69) is 168 Å². The van der Waals surface area contributed by atoms with Crippen molar-refractivity contribution in [3.05, 3.63) is 176 Å². The van der Waals surface area contributed by atoms with Crippen molar-refractivity contribution in [1.82, 2.24) is 14.5 Å². The minimum Gasteiger partial charge on any atom is -0.437 e. The summed E-state index contributed by atoms with van der Waals surface area (Å²) in [6.45, 7) is 0. The lowest BCUT2D eigenvalue weighted by molar-refractivity contribution is 0.651. The van der Waals surface area contributed by atoms with E-state index in [9.17, 15) is 0 Å². The highest BCUT2D eigenvalue weighted by Gasteiger charge is 2.25. The maximum atomic E-state index is 6.65. The third kappa shape index (κ3) is 4.51. The molecule has 0 unspecified atom stereocenters. The van der Waals surface area contributed by atoms with Gasteiger partial charge >= 0.3 is 0 Å². The van der Waals surface area contributed by atoms with Crippen LogP contribution in [0.1, 0.15) is 0 Å². The molecule has 0 aliphatic heterocycles. The van der Waals surface area contributed by atoms with Gasteiger partial charge in [0.25, 0.3) is 0 Å². The average molecular weight is 720 g/mol. The molecule has 0 radical (unpaired) electrons. The van der Waals surface area contributed by atoms with Crippen LogP contribution in [0.2, 0.25) is 0 Å². The number of fused-ring (bicyclic) bond motifs is 13. The molecule has 4 nitrogen and oxygen atoms in total. The fraction of sp³-hybridized carbons (Fsp3) is 0. The van der Waals surface area contributed by atoms with Gasteiger partial charge in [0.1, 0.15) is 5.58 Å². The Kier molecular flexibility index (Phi) is 6.47. The minimum absolute atomic E-state index is 0.560. The second-order valence-electron chi connectivity index (χ2n) is 14.1. The second-order valence-corrected chi connectivity index (χ2v) is 15.2. The van der Waals surface area contributed by atoms with E-state index in [1.165, 1.54) is 41.7 Å². The first kappa shape index (κ1) is 30.4. The van der Waals surface area contributed by atoms with Gasteiger partial charge in [-0.05, 0) is 58.7 Å². The summed E-state index contributed by atoms with van der Waals surface area (Å²) >= 11 is 1.87. The van der Waals surface area contributed by atoms with Crippen LogP contribution in [0.4, 0.5) is 0 Å². The molecule has 0 fully saturated rings. The topological polar surface area (TPSA) is 43.9 Å². The lowest BCUT2D eigenvalue weighted by Gasteiger charge is -2.14. The number of nitrogens with zero attached hydrogens (tertiary/aromatic N) is 3. The lowest BCUT2D eigenvalue weighted by Crippen LogP contribution is -2.03. The molecule has 4 heterocycles. The second kappa shape index (κ2) is 11.7. The smallest absolute Gasteiger partial charge is 0.238 e. The van der Waals surface area contributed by atoms with E-state index in [4.69, 9.17) is 14.4 Å². The maximum absolute atomic E-state index is 6.65. The van der Waals surface area contributed by atoms with Crippen LogP contribution in [-0.4, -0.2) is 14.5 Å². The number of aromatic nitrogens is 3. The van der Waals surface area contributed by atoms with Gasteiger partial charge in [0, 0.05) is 52.7 Å². The Morgan fingerprint density at radius 3 is 1.76 bits per heavy atom. The van der Waals surface area contributed by atoms with Crippen molar-refractivity contribution in [3.8, 4) is 39.5 Å². The molecule has 256 valence electrons. The third-order valence-corrected chi connectivity index (χ3v) is 12.2. The Labute approximate surface area is 319 Å². The van der Waals surface area contributed by atoms with Crippen molar-refractivity contribution in [1.29, 1.82) is 0 Å². The van der Waals surface area contributed by atoms with Gasteiger partial charge in [-0.1, -0.05) is 140 Å². The van der Waals surface area contributed by atoms with Gasteiger partial charge in [0.05, 0.1) is 22.1 Å². The van der Waals surface area contributed by atoms with E-state index in [-0.39, 0.29) is 0 Å². The molecular weight excluding hydrogens is 691 g/mol. The molecule has 8 aromatic carbocycles. The fourth-order valence-electron chi connectivity index (χ4n) is 8.61. The summed E-state index contributed by atoms with van der Waals surface area (Å²) in [5.41, 5.74) is 9.84. The van der Waals surface area contributed by atoms with E-state index in [1.807, 2.05) is 23.5 Å². The molecule has 55 heavy (non-hydrogen) atoms. The SMILES string of the molecule is c1ccc(-c2cc(-c3ccccc3)cc(-c3nc(-n4c5ccccc5c5c6c7ccccc7sc6c6ccccc6c54)nc4oc5ccccc5c34)c2)cc1. The predicted molar refractivity (Wildman–Crippen MR) is 230 cm³/mol. The highest BCUT2D eigenvalue weighted by molar-refractivity contribution is 7.27. The van der Waals surface area contributed by atoms with Crippen molar-refractivity contribution >= 4 is 86.2 Å². The maximum Gasteiger partial charge on any atom is 0.238 e. The molecule has 0 saturated heterocycles. The molecule has 5 heteroatoms. The first-order valence-corrected chi connectivity index (χ1v) is 19.3. The lowest BCUT2D eigenvalue weighted by atomic mass is 9.94. The number of furan rings is 1. The summed E-state index contributed by atoms with van der Waals surface area (Å²) in [7, 11) is 0. The predicted octanol–water partition coefficient (Wildman–Crippen LogP) is 14.0. The molecule has 0 amide bonds. The van der Waals surface area contributed by atoms with Gasteiger partial charge in [0.15, 0.2) is 0 Å². The van der Waals surface area contributed by atoms with Crippen molar-refractivity contribution in [2.45, 2.75) is 0 Å². The molecule has 4 aromatic heterocycles. The average Bonchev–Trinajstić information content (AvgIpc) is 3.94. The van der Waals surface area contributed by atoms with Crippen LogP contribution in [0.25, 0.3) is 114 Å². The van der Waals surface area contributed by atoms with Gasteiger partial charge < -0.3 is 4.42 Å². The monoisotopic (exact) mass is 719 g/mol. The zero-order valence-corrected chi connectivity index (χ0v) is 30.2. The highest BCUT2D eigenvalue weighted by Crippen LogP contribution is 2.48. The van der Waals surface area contributed by atoms with Crippen LogP contribution < -0.4 is 0 Å². The summed E-state index contributed by atoms with van der Waals surface area (Å²) in [5, 5.41) is 9.21. The van der Waals surface area contributed by atoms with Crippen molar-refractivity contribution in [2.24, 2.45) is 0 Å². The Morgan fingerprint density at radius 1 is 0.436 bits per heavy atom. The number of hydrogen-bond acceptors (Lipinski definition) is 4. The van der Waals surface area contributed by atoms with Crippen LogP contribution in [-0.2, 0) is 0 Å². The third-order valence-electron chi connectivity index (χ3n) is 11.0. The first-order chi connectivity index (χ1) is 27.3. The summed E-state index contributed by atoms with van der Waals surface area (Å²) in [5.74, 6) is 0.572. The van der Waals surface area contributed by atoms with Gasteiger partial charge in [-0.2, -0.15) is 4.98 Å². The Balaban J connectivity index is 1.25. The Hall–Kier alpha value is -7.08. The number of thiophene rings is 1. The van der Waals surface area contributed by atoms with Crippen LogP contribution in [0, 0.1) is 0 Å². The number of hydrogen-bond donors (Lipinski definition) is 0.